The SMILES string of the molecule is COc1cc(C(C)=O)ccc1O[C@H](C)C(=O)NCC(C)C. The van der Waals surface area contributed by atoms with Gasteiger partial charge in [0.05, 0.1) is 7.11 Å². The summed E-state index contributed by atoms with van der Waals surface area (Å²) in [6.45, 7) is 7.81. The van der Waals surface area contributed by atoms with Gasteiger partial charge in [-0.25, -0.2) is 0 Å². The lowest BCUT2D eigenvalue weighted by Crippen LogP contribution is -2.38. The summed E-state index contributed by atoms with van der Waals surface area (Å²) in [5.41, 5.74) is 0.538. The van der Waals surface area contributed by atoms with Gasteiger partial charge >= 0.3 is 0 Å². The number of Topliss-reactive ketones (excluding diaryl/α,β-unsaturated/α-hetero) is 1. The topological polar surface area (TPSA) is 64.6 Å². The van der Waals surface area contributed by atoms with Crippen molar-refractivity contribution in [1.29, 1.82) is 0 Å². The summed E-state index contributed by atoms with van der Waals surface area (Å²) in [6, 6.07) is 4.90. The van der Waals surface area contributed by atoms with Crippen molar-refractivity contribution in [3.8, 4) is 11.5 Å². The first kappa shape index (κ1) is 17.0. The lowest BCUT2D eigenvalue weighted by atomic mass is 10.1. The molecule has 0 aliphatic rings. The maximum atomic E-state index is 11.9. The van der Waals surface area contributed by atoms with Gasteiger partial charge in [-0.1, -0.05) is 13.8 Å². The van der Waals surface area contributed by atoms with Crippen molar-refractivity contribution in [3.63, 3.8) is 0 Å². The number of hydrogen-bond acceptors (Lipinski definition) is 4. The number of rotatable bonds is 7. The highest BCUT2D eigenvalue weighted by molar-refractivity contribution is 5.94. The van der Waals surface area contributed by atoms with Crippen LogP contribution in [0, 0.1) is 5.92 Å². The molecule has 21 heavy (non-hydrogen) atoms. The summed E-state index contributed by atoms with van der Waals surface area (Å²) in [7, 11) is 1.50. The normalized spacial score (nSPS) is 11.9. The van der Waals surface area contributed by atoms with Crippen LogP contribution in [0.4, 0.5) is 0 Å². The van der Waals surface area contributed by atoms with Crippen LogP contribution in [0.2, 0.25) is 0 Å². The van der Waals surface area contributed by atoms with Gasteiger partial charge in [0, 0.05) is 12.1 Å². The Morgan fingerprint density at radius 1 is 1.19 bits per heavy atom. The van der Waals surface area contributed by atoms with Gasteiger partial charge in [-0.15, -0.1) is 0 Å². The minimum absolute atomic E-state index is 0.0532. The van der Waals surface area contributed by atoms with E-state index < -0.39 is 6.10 Å². The number of amides is 1. The smallest absolute Gasteiger partial charge is 0.260 e. The Morgan fingerprint density at radius 3 is 2.38 bits per heavy atom. The summed E-state index contributed by atoms with van der Waals surface area (Å²) in [4.78, 5) is 23.2. The Labute approximate surface area is 125 Å². The van der Waals surface area contributed by atoms with Crippen molar-refractivity contribution < 1.29 is 19.1 Å². The van der Waals surface area contributed by atoms with Gasteiger partial charge in [-0.05, 0) is 38.0 Å². The van der Waals surface area contributed by atoms with E-state index in [-0.39, 0.29) is 11.7 Å². The number of carbonyl (C=O) groups is 2. The molecule has 0 bridgehead atoms. The van der Waals surface area contributed by atoms with Crippen LogP contribution in [0.25, 0.3) is 0 Å². The number of carbonyl (C=O) groups excluding carboxylic acids is 2. The van der Waals surface area contributed by atoms with Crippen molar-refractivity contribution >= 4 is 11.7 Å². The zero-order valence-electron chi connectivity index (χ0n) is 13.2. The van der Waals surface area contributed by atoms with E-state index in [1.165, 1.54) is 14.0 Å². The quantitative estimate of drug-likeness (QED) is 0.784. The summed E-state index contributed by atoms with van der Waals surface area (Å²) in [6.07, 6.45) is -0.638. The van der Waals surface area contributed by atoms with E-state index in [4.69, 9.17) is 9.47 Å². The Hall–Kier alpha value is -2.04. The fourth-order valence-electron chi connectivity index (χ4n) is 1.68. The van der Waals surface area contributed by atoms with Crippen LogP contribution in [0.15, 0.2) is 18.2 Å². The first-order valence-electron chi connectivity index (χ1n) is 6.98. The Bertz CT molecular complexity index is 511. The molecule has 0 heterocycles. The molecule has 0 aliphatic carbocycles. The fourth-order valence-corrected chi connectivity index (χ4v) is 1.68. The molecule has 1 aromatic carbocycles. The molecular formula is C16H23NO4. The molecule has 1 N–H and O–H groups in total. The average molecular weight is 293 g/mol. The van der Waals surface area contributed by atoms with E-state index in [1.54, 1.807) is 25.1 Å². The molecule has 0 saturated carbocycles. The molecule has 5 nitrogen and oxygen atoms in total. The van der Waals surface area contributed by atoms with Gasteiger partial charge in [0.2, 0.25) is 0 Å². The van der Waals surface area contributed by atoms with Crippen LogP contribution in [0.5, 0.6) is 11.5 Å². The molecule has 1 rings (SSSR count). The number of benzene rings is 1. The highest BCUT2D eigenvalue weighted by atomic mass is 16.5. The fraction of sp³-hybridized carbons (Fsp3) is 0.500. The maximum Gasteiger partial charge on any atom is 0.260 e. The third-order valence-electron chi connectivity index (χ3n) is 2.93. The van der Waals surface area contributed by atoms with Crippen LogP contribution in [0.1, 0.15) is 38.1 Å². The predicted molar refractivity (Wildman–Crippen MR) is 80.9 cm³/mol. The Balaban J connectivity index is 2.77. The van der Waals surface area contributed by atoms with Gasteiger partial charge in [-0.3, -0.25) is 9.59 Å². The van der Waals surface area contributed by atoms with Crippen LogP contribution < -0.4 is 14.8 Å². The molecule has 1 aromatic rings. The number of methoxy groups -OCH3 is 1. The number of ketones is 1. The van der Waals surface area contributed by atoms with Gasteiger partial charge in [0.1, 0.15) is 0 Å². The molecule has 0 unspecified atom stereocenters. The van der Waals surface area contributed by atoms with Gasteiger partial charge in [-0.2, -0.15) is 0 Å². The molecule has 1 amide bonds. The summed E-state index contributed by atoms with van der Waals surface area (Å²) in [5, 5.41) is 2.81. The van der Waals surface area contributed by atoms with Gasteiger partial charge in [0.15, 0.2) is 23.4 Å². The van der Waals surface area contributed by atoms with Crippen molar-refractivity contribution in [2.45, 2.75) is 33.8 Å². The summed E-state index contributed by atoms with van der Waals surface area (Å²) < 4.78 is 10.8. The first-order chi connectivity index (χ1) is 9.85. The molecule has 0 saturated heterocycles. The van der Waals surface area contributed by atoms with Crippen LogP contribution in [-0.2, 0) is 4.79 Å². The largest absolute Gasteiger partial charge is 0.493 e. The number of ether oxygens (including phenoxy) is 2. The molecule has 0 fully saturated rings. The second-order valence-electron chi connectivity index (χ2n) is 5.32. The van der Waals surface area contributed by atoms with Crippen LogP contribution >= 0.6 is 0 Å². The maximum absolute atomic E-state index is 11.9. The van der Waals surface area contributed by atoms with E-state index in [2.05, 4.69) is 5.32 Å². The summed E-state index contributed by atoms with van der Waals surface area (Å²) >= 11 is 0. The predicted octanol–water partition coefficient (Wildman–Crippen LogP) is 2.44. The Kier molecular flexibility index (Phi) is 6.21. The van der Waals surface area contributed by atoms with E-state index in [0.717, 1.165) is 0 Å². The van der Waals surface area contributed by atoms with Crippen LogP contribution in [-0.4, -0.2) is 31.4 Å². The van der Waals surface area contributed by atoms with E-state index in [9.17, 15) is 9.59 Å². The van der Waals surface area contributed by atoms with E-state index in [1.807, 2.05) is 13.8 Å². The third-order valence-corrected chi connectivity index (χ3v) is 2.93. The zero-order chi connectivity index (χ0) is 16.0. The van der Waals surface area contributed by atoms with Gasteiger partial charge in [0.25, 0.3) is 5.91 Å². The molecule has 0 aliphatic heterocycles. The lowest BCUT2D eigenvalue weighted by molar-refractivity contribution is -0.127. The molecule has 5 heteroatoms. The highest BCUT2D eigenvalue weighted by Gasteiger charge is 2.17. The third kappa shape index (κ3) is 5.10. The standard InChI is InChI=1S/C16H23NO4/c1-10(2)9-17-16(19)12(4)21-14-7-6-13(11(3)18)8-15(14)20-5/h6-8,10,12H,9H2,1-5H3,(H,17,19)/t12-/m1/s1. The van der Waals surface area contributed by atoms with Crippen molar-refractivity contribution in [2.75, 3.05) is 13.7 Å². The zero-order valence-corrected chi connectivity index (χ0v) is 13.2. The van der Waals surface area contributed by atoms with E-state index in [0.29, 0.717) is 29.5 Å². The minimum Gasteiger partial charge on any atom is -0.493 e. The van der Waals surface area contributed by atoms with Crippen molar-refractivity contribution in [1.82, 2.24) is 5.32 Å². The molecular weight excluding hydrogens is 270 g/mol. The second-order valence-corrected chi connectivity index (χ2v) is 5.32. The second kappa shape index (κ2) is 7.67. The first-order valence-corrected chi connectivity index (χ1v) is 6.98. The van der Waals surface area contributed by atoms with Crippen molar-refractivity contribution in [3.05, 3.63) is 23.8 Å². The summed E-state index contributed by atoms with van der Waals surface area (Å²) in [5.74, 6) is 1.02. The molecule has 0 aromatic heterocycles. The minimum atomic E-state index is -0.638. The number of hydrogen-bond donors (Lipinski definition) is 1. The molecule has 0 spiro atoms. The molecule has 116 valence electrons. The monoisotopic (exact) mass is 293 g/mol. The van der Waals surface area contributed by atoms with Gasteiger partial charge < -0.3 is 14.8 Å². The average Bonchev–Trinajstić information content (AvgIpc) is 2.44. The number of nitrogens with one attached hydrogen (secondary N) is 1. The molecule has 0 radical (unpaired) electrons. The van der Waals surface area contributed by atoms with Crippen molar-refractivity contribution in [2.24, 2.45) is 5.92 Å². The molecule has 1 atom stereocenters. The van der Waals surface area contributed by atoms with Crippen LogP contribution in [0.3, 0.4) is 0 Å². The van der Waals surface area contributed by atoms with E-state index >= 15 is 0 Å². The lowest BCUT2D eigenvalue weighted by Gasteiger charge is -2.17. The Morgan fingerprint density at radius 2 is 1.86 bits per heavy atom. The highest BCUT2D eigenvalue weighted by Crippen LogP contribution is 2.29.